The first-order valence-electron chi connectivity index (χ1n) is 10.5. The molecule has 5 nitrogen and oxygen atoms in total. The number of hydrogen-bond acceptors (Lipinski definition) is 4. The molecule has 1 N–H and O–H groups in total. The Balaban J connectivity index is 1.26. The van der Waals surface area contributed by atoms with Crippen LogP contribution < -0.4 is 5.32 Å². The van der Waals surface area contributed by atoms with E-state index in [0.717, 1.165) is 78.2 Å². The Morgan fingerprint density at radius 2 is 1.81 bits per heavy atom. The number of nitrogens with one attached hydrogen (secondary N) is 1. The van der Waals surface area contributed by atoms with Gasteiger partial charge in [-0.25, -0.2) is 0 Å². The number of hydrogen-bond donors (Lipinski definition) is 1. The molecule has 1 aromatic carbocycles. The average molecular weight is 370 g/mol. The predicted molar refractivity (Wildman–Crippen MR) is 103 cm³/mol. The standard InChI is InChI=1S/C22H30N2O3/c25-20(19-15-22(19)6-5-17-3-1-2-4-18(17)22)23-16-21(7-11-26-12-8-21)24-9-13-27-14-10-24/h1-4,19H,5-16H2,(H,23,25). The van der Waals surface area contributed by atoms with Crippen LogP contribution in [0.1, 0.15) is 36.8 Å². The number of amides is 1. The van der Waals surface area contributed by atoms with Gasteiger partial charge in [0, 0.05) is 49.7 Å². The maximum atomic E-state index is 13.1. The molecule has 3 fully saturated rings. The Labute approximate surface area is 161 Å². The zero-order chi connectivity index (χ0) is 18.3. The summed E-state index contributed by atoms with van der Waals surface area (Å²) in [5.41, 5.74) is 3.04. The molecule has 2 saturated heterocycles. The molecule has 1 saturated carbocycles. The number of carbonyl (C=O) groups is 1. The molecule has 4 aliphatic rings. The number of fused-ring (bicyclic) bond motifs is 2. The van der Waals surface area contributed by atoms with Crippen molar-refractivity contribution in [1.29, 1.82) is 0 Å². The van der Waals surface area contributed by atoms with E-state index >= 15 is 0 Å². The van der Waals surface area contributed by atoms with E-state index in [0.29, 0.717) is 0 Å². The van der Waals surface area contributed by atoms with Crippen LogP contribution in [0.5, 0.6) is 0 Å². The largest absolute Gasteiger partial charge is 0.381 e. The molecule has 0 bridgehead atoms. The summed E-state index contributed by atoms with van der Waals surface area (Å²) in [6.07, 6.45) is 5.25. The number of benzene rings is 1. The van der Waals surface area contributed by atoms with Crippen LogP contribution in [0.4, 0.5) is 0 Å². The highest BCUT2D eigenvalue weighted by molar-refractivity contribution is 5.85. The minimum Gasteiger partial charge on any atom is -0.381 e. The number of rotatable bonds is 4. The Kier molecular flexibility index (Phi) is 4.49. The summed E-state index contributed by atoms with van der Waals surface area (Å²) in [7, 11) is 0. The van der Waals surface area contributed by atoms with E-state index in [1.165, 1.54) is 11.1 Å². The van der Waals surface area contributed by atoms with Crippen molar-refractivity contribution in [3.63, 3.8) is 0 Å². The van der Waals surface area contributed by atoms with E-state index in [9.17, 15) is 4.79 Å². The smallest absolute Gasteiger partial charge is 0.224 e. The molecule has 2 heterocycles. The maximum Gasteiger partial charge on any atom is 0.224 e. The lowest BCUT2D eigenvalue weighted by atomic mass is 9.87. The van der Waals surface area contributed by atoms with Crippen LogP contribution in [0, 0.1) is 5.92 Å². The molecule has 0 radical (unpaired) electrons. The van der Waals surface area contributed by atoms with E-state index in [1.807, 2.05) is 0 Å². The molecular weight excluding hydrogens is 340 g/mol. The summed E-state index contributed by atoms with van der Waals surface area (Å²) in [4.78, 5) is 15.6. The van der Waals surface area contributed by atoms with Gasteiger partial charge in [-0.3, -0.25) is 9.69 Å². The minimum absolute atomic E-state index is 0.0350. The van der Waals surface area contributed by atoms with Crippen molar-refractivity contribution in [2.75, 3.05) is 46.1 Å². The molecule has 2 aliphatic heterocycles. The molecular formula is C22H30N2O3. The fourth-order valence-electron chi connectivity index (χ4n) is 5.71. The normalized spacial score (nSPS) is 32.2. The van der Waals surface area contributed by atoms with Crippen LogP contribution in [0.25, 0.3) is 0 Å². The topological polar surface area (TPSA) is 50.8 Å². The van der Waals surface area contributed by atoms with Gasteiger partial charge in [0.25, 0.3) is 0 Å². The van der Waals surface area contributed by atoms with Gasteiger partial charge in [0.15, 0.2) is 0 Å². The number of aryl methyl sites for hydroxylation is 1. The van der Waals surface area contributed by atoms with Gasteiger partial charge in [-0.1, -0.05) is 24.3 Å². The van der Waals surface area contributed by atoms with Crippen molar-refractivity contribution in [2.45, 2.75) is 43.1 Å². The van der Waals surface area contributed by atoms with Gasteiger partial charge < -0.3 is 14.8 Å². The number of morpholine rings is 1. The van der Waals surface area contributed by atoms with Crippen LogP contribution in [0.3, 0.4) is 0 Å². The van der Waals surface area contributed by atoms with Crippen LogP contribution in [-0.4, -0.2) is 62.4 Å². The number of carbonyl (C=O) groups excluding carboxylic acids is 1. The highest BCUT2D eigenvalue weighted by Crippen LogP contribution is 2.61. The fourth-order valence-corrected chi connectivity index (χ4v) is 5.71. The number of ether oxygens (including phenoxy) is 2. The average Bonchev–Trinajstić information content (AvgIpc) is 3.36. The molecule has 146 valence electrons. The van der Waals surface area contributed by atoms with E-state index in [-0.39, 0.29) is 22.8 Å². The summed E-state index contributed by atoms with van der Waals surface area (Å²) in [6.45, 7) is 5.80. The quantitative estimate of drug-likeness (QED) is 0.879. The third kappa shape index (κ3) is 3.00. The van der Waals surface area contributed by atoms with Crippen LogP contribution in [0.2, 0.25) is 0 Å². The van der Waals surface area contributed by atoms with Crippen molar-refractivity contribution < 1.29 is 14.3 Å². The van der Waals surface area contributed by atoms with Crippen LogP contribution in [0.15, 0.2) is 24.3 Å². The van der Waals surface area contributed by atoms with Gasteiger partial charge in [0.1, 0.15) is 0 Å². The molecule has 2 unspecified atom stereocenters. The lowest BCUT2D eigenvalue weighted by Crippen LogP contribution is -2.61. The first-order valence-corrected chi connectivity index (χ1v) is 10.5. The molecule has 2 atom stereocenters. The third-order valence-electron chi connectivity index (χ3n) is 7.48. The predicted octanol–water partition coefficient (Wildman–Crippen LogP) is 1.89. The molecule has 1 aromatic rings. The molecule has 1 spiro atoms. The van der Waals surface area contributed by atoms with Gasteiger partial charge >= 0.3 is 0 Å². The lowest BCUT2D eigenvalue weighted by Gasteiger charge is -2.48. The Hall–Kier alpha value is -1.43. The molecule has 0 aromatic heterocycles. The van der Waals surface area contributed by atoms with Crippen molar-refractivity contribution in [2.24, 2.45) is 5.92 Å². The third-order valence-corrected chi connectivity index (χ3v) is 7.48. The fraction of sp³-hybridized carbons (Fsp3) is 0.682. The second-order valence-corrected chi connectivity index (χ2v) is 8.72. The first kappa shape index (κ1) is 17.7. The van der Waals surface area contributed by atoms with Gasteiger partial charge in [0.05, 0.1) is 13.2 Å². The Morgan fingerprint density at radius 1 is 1.07 bits per heavy atom. The summed E-state index contributed by atoms with van der Waals surface area (Å²) in [5.74, 6) is 0.411. The molecule has 1 amide bonds. The second kappa shape index (κ2) is 6.87. The van der Waals surface area contributed by atoms with E-state index in [1.54, 1.807) is 0 Å². The summed E-state index contributed by atoms with van der Waals surface area (Å²) in [6, 6.07) is 8.71. The zero-order valence-corrected chi connectivity index (χ0v) is 16.0. The van der Waals surface area contributed by atoms with Crippen molar-refractivity contribution in [3.8, 4) is 0 Å². The summed E-state index contributed by atoms with van der Waals surface area (Å²) < 4.78 is 11.2. The van der Waals surface area contributed by atoms with Crippen molar-refractivity contribution >= 4 is 5.91 Å². The van der Waals surface area contributed by atoms with E-state index in [2.05, 4.69) is 34.5 Å². The van der Waals surface area contributed by atoms with Gasteiger partial charge in [0.2, 0.25) is 5.91 Å². The highest BCUT2D eigenvalue weighted by atomic mass is 16.5. The highest BCUT2D eigenvalue weighted by Gasteiger charge is 2.61. The monoisotopic (exact) mass is 370 g/mol. The Morgan fingerprint density at radius 3 is 2.63 bits per heavy atom. The molecule has 27 heavy (non-hydrogen) atoms. The molecule has 2 aliphatic carbocycles. The van der Waals surface area contributed by atoms with Crippen LogP contribution in [-0.2, 0) is 26.1 Å². The first-order chi connectivity index (χ1) is 13.2. The van der Waals surface area contributed by atoms with Crippen LogP contribution >= 0.6 is 0 Å². The summed E-state index contributed by atoms with van der Waals surface area (Å²) >= 11 is 0. The summed E-state index contributed by atoms with van der Waals surface area (Å²) in [5, 5.41) is 3.36. The number of nitrogens with zero attached hydrogens (tertiary/aromatic N) is 1. The Bertz CT molecular complexity index is 709. The van der Waals surface area contributed by atoms with Gasteiger partial charge in [-0.15, -0.1) is 0 Å². The van der Waals surface area contributed by atoms with Gasteiger partial charge in [-0.05, 0) is 43.2 Å². The second-order valence-electron chi connectivity index (χ2n) is 8.72. The minimum atomic E-state index is 0.0350. The van der Waals surface area contributed by atoms with Crippen molar-refractivity contribution in [1.82, 2.24) is 10.2 Å². The van der Waals surface area contributed by atoms with Gasteiger partial charge in [-0.2, -0.15) is 0 Å². The van der Waals surface area contributed by atoms with E-state index < -0.39 is 0 Å². The lowest BCUT2D eigenvalue weighted by molar-refractivity contribution is -0.125. The molecule has 5 rings (SSSR count). The SMILES string of the molecule is O=C(NCC1(N2CCOCC2)CCOCC1)C1CC12CCc1ccccc12. The van der Waals surface area contributed by atoms with Crippen molar-refractivity contribution in [3.05, 3.63) is 35.4 Å². The molecule has 5 heteroatoms. The zero-order valence-electron chi connectivity index (χ0n) is 16.0. The van der Waals surface area contributed by atoms with E-state index in [4.69, 9.17) is 9.47 Å². The maximum absolute atomic E-state index is 13.1.